The topological polar surface area (TPSA) is 76.9 Å². The van der Waals surface area contributed by atoms with Crippen LogP contribution in [0.1, 0.15) is 13.3 Å². The van der Waals surface area contributed by atoms with Crippen LogP contribution in [0.25, 0.3) is 0 Å². The van der Waals surface area contributed by atoms with Gasteiger partial charge in [0.2, 0.25) is 0 Å². The number of hydrogen-bond acceptors (Lipinski definition) is 4. The molecule has 0 fully saturated rings. The molecule has 0 rings (SSSR count). The van der Waals surface area contributed by atoms with E-state index >= 15 is 0 Å². The third-order valence-electron chi connectivity index (χ3n) is 1.45. The Morgan fingerprint density at radius 2 is 2.15 bits per heavy atom. The van der Waals surface area contributed by atoms with Crippen LogP contribution in [0.15, 0.2) is 16.9 Å². The maximum absolute atomic E-state index is 5.60. The van der Waals surface area contributed by atoms with Gasteiger partial charge in [-0.05, 0) is 6.42 Å². The molecule has 0 heterocycles. The molecule has 4 N–H and O–H groups in total. The molecule has 0 saturated heterocycles. The highest BCUT2D eigenvalue weighted by atomic mass is 16.7. The zero-order valence-electron chi connectivity index (χ0n) is 8.45. The van der Waals surface area contributed by atoms with Gasteiger partial charge in [-0.15, -0.1) is 0 Å². The van der Waals surface area contributed by atoms with Crippen LogP contribution < -0.4 is 11.5 Å². The Balaban J connectivity index is 4.20. The van der Waals surface area contributed by atoms with Crippen molar-refractivity contribution in [2.45, 2.75) is 13.3 Å². The number of nitrogens with two attached hydrogens (primary N) is 2. The second kappa shape index (κ2) is 6.30. The number of hydrogen-bond donors (Lipinski definition) is 2. The van der Waals surface area contributed by atoms with Crippen LogP contribution in [0.5, 0.6) is 0 Å². The Labute approximate surface area is 79.0 Å². The summed E-state index contributed by atoms with van der Waals surface area (Å²) in [5, 5.41) is 1.41. The molecule has 0 amide bonds. The summed E-state index contributed by atoms with van der Waals surface area (Å²) >= 11 is 0. The smallest absolute Gasteiger partial charge is 0.127 e. The SMILES string of the molecule is CCCN=C(N)C=C(N)N(C)OC. The van der Waals surface area contributed by atoms with E-state index in [2.05, 4.69) is 4.99 Å². The first kappa shape index (κ1) is 11.8. The minimum Gasteiger partial charge on any atom is -0.384 e. The van der Waals surface area contributed by atoms with Gasteiger partial charge >= 0.3 is 0 Å². The number of nitrogens with zero attached hydrogens (tertiary/aromatic N) is 2. The van der Waals surface area contributed by atoms with Crippen molar-refractivity contribution in [3.63, 3.8) is 0 Å². The van der Waals surface area contributed by atoms with E-state index in [1.807, 2.05) is 6.92 Å². The Hall–Kier alpha value is -1.23. The second-order valence-electron chi connectivity index (χ2n) is 2.56. The van der Waals surface area contributed by atoms with E-state index < -0.39 is 0 Å². The van der Waals surface area contributed by atoms with E-state index in [1.54, 1.807) is 13.1 Å². The molecule has 0 spiro atoms. The normalized spacial score (nSPS) is 13.2. The first-order valence-electron chi connectivity index (χ1n) is 4.16. The quantitative estimate of drug-likeness (QED) is 0.361. The van der Waals surface area contributed by atoms with Crippen LogP contribution in [0.2, 0.25) is 0 Å². The molecule has 0 aliphatic heterocycles. The van der Waals surface area contributed by atoms with Gasteiger partial charge in [0, 0.05) is 19.7 Å². The van der Waals surface area contributed by atoms with Crippen molar-refractivity contribution in [3.8, 4) is 0 Å². The van der Waals surface area contributed by atoms with Gasteiger partial charge in [-0.2, -0.15) is 0 Å². The van der Waals surface area contributed by atoms with Crippen molar-refractivity contribution in [1.29, 1.82) is 0 Å². The predicted octanol–water partition coefficient (Wildman–Crippen LogP) is 0.0469. The number of rotatable bonds is 5. The summed E-state index contributed by atoms with van der Waals surface area (Å²) in [6.07, 6.45) is 2.54. The zero-order chi connectivity index (χ0) is 10.3. The molecule has 5 nitrogen and oxygen atoms in total. The van der Waals surface area contributed by atoms with Crippen LogP contribution >= 0.6 is 0 Å². The maximum Gasteiger partial charge on any atom is 0.127 e. The molecular formula is C8H18N4O. The Kier molecular flexibility index (Phi) is 5.71. The Morgan fingerprint density at radius 1 is 1.54 bits per heavy atom. The van der Waals surface area contributed by atoms with Crippen molar-refractivity contribution in [2.75, 3.05) is 20.7 Å². The van der Waals surface area contributed by atoms with Crippen molar-refractivity contribution in [2.24, 2.45) is 16.5 Å². The van der Waals surface area contributed by atoms with Gasteiger partial charge in [-0.1, -0.05) is 6.92 Å². The fourth-order valence-corrected chi connectivity index (χ4v) is 0.634. The second-order valence-corrected chi connectivity index (χ2v) is 2.56. The fourth-order valence-electron chi connectivity index (χ4n) is 0.634. The molecule has 0 unspecified atom stereocenters. The maximum atomic E-state index is 5.60. The molecule has 76 valence electrons. The van der Waals surface area contributed by atoms with Gasteiger partial charge in [0.1, 0.15) is 11.7 Å². The number of aliphatic imine (C=N–C) groups is 1. The molecule has 0 aromatic rings. The lowest BCUT2D eigenvalue weighted by Gasteiger charge is -2.15. The molecule has 0 radical (unpaired) electrons. The average Bonchev–Trinajstić information content (AvgIpc) is 2.13. The predicted molar refractivity (Wildman–Crippen MR) is 53.8 cm³/mol. The van der Waals surface area contributed by atoms with Gasteiger partial charge in [0.15, 0.2) is 0 Å². The monoisotopic (exact) mass is 186 g/mol. The third-order valence-corrected chi connectivity index (χ3v) is 1.45. The highest BCUT2D eigenvalue weighted by molar-refractivity contribution is 5.91. The van der Waals surface area contributed by atoms with Crippen LogP contribution in [-0.2, 0) is 4.84 Å². The molecular weight excluding hydrogens is 168 g/mol. The standard InChI is InChI=1S/C8H18N4O/c1-4-5-11-7(9)6-8(10)12(2)13-3/h6H,4-5,10H2,1-3H3,(H2,9,11). The summed E-state index contributed by atoms with van der Waals surface area (Å²) < 4.78 is 0. The molecule has 5 heteroatoms. The zero-order valence-corrected chi connectivity index (χ0v) is 8.45. The molecule has 0 saturated carbocycles. The van der Waals surface area contributed by atoms with Crippen molar-refractivity contribution >= 4 is 5.84 Å². The number of hydroxylamine groups is 2. The van der Waals surface area contributed by atoms with Crippen LogP contribution in [0.3, 0.4) is 0 Å². The number of amidine groups is 1. The van der Waals surface area contributed by atoms with Crippen LogP contribution in [-0.4, -0.2) is 31.6 Å². The van der Waals surface area contributed by atoms with Gasteiger partial charge < -0.3 is 11.5 Å². The van der Waals surface area contributed by atoms with Gasteiger partial charge in [-0.3, -0.25) is 9.83 Å². The van der Waals surface area contributed by atoms with Crippen molar-refractivity contribution in [3.05, 3.63) is 11.9 Å². The Morgan fingerprint density at radius 3 is 2.62 bits per heavy atom. The first-order valence-corrected chi connectivity index (χ1v) is 4.16. The van der Waals surface area contributed by atoms with E-state index in [9.17, 15) is 0 Å². The molecule has 0 aromatic carbocycles. The minimum atomic E-state index is 0.420. The van der Waals surface area contributed by atoms with Crippen LogP contribution in [0, 0.1) is 0 Å². The summed E-state index contributed by atoms with van der Waals surface area (Å²) in [7, 11) is 3.22. The lowest BCUT2D eigenvalue weighted by Crippen LogP contribution is -2.24. The van der Waals surface area contributed by atoms with E-state index in [0.29, 0.717) is 18.2 Å². The summed E-state index contributed by atoms with van der Waals surface area (Å²) in [6, 6.07) is 0. The van der Waals surface area contributed by atoms with Crippen molar-refractivity contribution in [1.82, 2.24) is 5.06 Å². The van der Waals surface area contributed by atoms with Crippen LogP contribution in [0.4, 0.5) is 0 Å². The van der Waals surface area contributed by atoms with E-state index in [4.69, 9.17) is 16.3 Å². The van der Waals surface area contributed by atoms with E-state index in [-0.39, 0.29) is 0 Å². The van der Waals surface area contributed by atoms with E-state index in [0.717, 1.165) is 6.42 Å². The first-order chi connectivity index (χ1) is 6.11. The summed E-state index contributed by atoms with van der Waals surface area (Å²) in [6.45, 7) is 2.75. The lowest BCUT2D eigenvalue weighted by molar-refractivity contribution is -0.0782. The van der Waals surface area contributed by atoms with Crippen molar-refractivity contribution < 1.29 is 4.84 Å². The fraction of sp³-hybridized carbons (Fsp3) is 0.625. The Bertz CT molecular complexity index is 200. The molecule has 0 atom stereocenters. The molecule has 0 aliphatic carbocycles. The molecule has 0 bridgehead atoms. The largest absolute Gasteiger partial charge is 0.384 e. The minimum absolute atomic E-state index is 0.420. The third kappa shape index (κ3) is 5.08. The summed E-state index contributed by atoms with van der Waals surface area (Å²) in [4.78, 5) is 8.90. The molecule has 13 heavy (non-hydrogen) atoms. The molecule has 0 aliphatic rings. The highest BCUT2D eigenvalue weighted by Crippen LogP contribution is 1.92. The lowest BCUT2D eigenvalue weighted by atomic mass is 10.4. The average molecular weight is 186 g/mol. The van der Waals surface area contributed by atoms with Gasteiger partial charge in [-0.25, -0.2) is 5.06 Å². The summed E-state index contributed by atoms with van der Waals surface area (Å²) in [5.41, 5.74) is 11.2. The summed E-state index contributed by atoms with van der Waals surface area (Å²) in [5.74, 6) is 0.850. The van der Waals surface area contributed by atoms with E-state index in [1.165, 1.54) is 12.2 Å². The highest BCUT2D eigenvalue weighted by Gasteiger charge is 1.97. The van der Waals surface area contributed by atoms with Gasteiger partial charge in [0.25, 0.3) is 0 Å². The molecule has 0 aromatic heterocycles. The van der Waals surface area contributed by atoms with Gasteiger partial charge in [0.05, 0.1) is 7.11 Å².